The second-order valence-electron chi connectivity index (χ2n) is 2.81. The van der Waals surface area contributed by atoms with Crippen LogP contribution in [-0.4, -0.2) is 16.1 Å². The standard InChI is InChI=1S/C10H6BrNO2.ClH/c11-8-7(10(13)14)4-3-6-2-1-5-12-9(6)8;/h1-5H,(H,13,14);1H. The van der Waals surface area contributed by atoms with Crippen molar-refractivity contribution < 1.29 is 9.90 Å². The van der Waals surface area contributed by atoms with Gasteiger partial charge in [0.25, 0.3) is 0 Å². The number of fused-ring (bicyclic) bond motifs is 1. The molecule has 0 unspecified atom stereocenters. The van der Waals surface area contributed by atoms with Gasteiger partial charge in [0.15, 0.2) is 0 Å². The van der Waals surface area contributed by atoms with E-state index in [1.54, 1.807) is 18.3 Å². The van der Waals surface area contributed by atoms with Crippen LogP contribution in [0, 0.1) is 0 Å². The van der Waals surface area contributed by atoms with E-state index in [-0.39, 0.29) is 18.0 Å². The van der Waals surface area contributed by atoms with Gasteiger partial charge in [-0.05, 0) is 28.1 Å². The lowest BCUT2D eigenvalue weighted by molar-refractivity contribution is 0.0696. The van der Waals surface area contributed by atoms with Gasteiger partial charge in [0.2, 0.25) is 0 Å². The summed E-state index contributed by atoms with van der Waals surface area (Å²) in [6.45, 7) is 0. The number of hydrogen-bond donors (Lipinski definition) is 1. The highest BCUT2D eigenvalue weighted by Crippen LogP contribution is 2.25. The number of hydrogen-bond acceptors (Lipinski definition) is 2. The number of halogens is 2. The molecule has 0 aliphatic rings. The third-order valence-electron chi connectivity index (χ3n) is 1.94. The number of carbonyl (C=O) groups is 1. The van der Waals surface area contributed by atoms with Crippen molar-refractivity contribution in [3.05, 3.63) is 40.5 Å². The van der Waals surface area contributed by atoms with E-state index in [2.05, 4.69) is 20.9 Å². The van der Waals surface area contributed by atoms with Gasteiger partial charge in [-0.1, -0.05) is 12.1 Å². The Kier molecular flexibility index (Phi) is 3.66. The summed E-state index contributed by atoms with van der Waals surface area (Å²) >= 11 is 3.24. The van der Waals surface area contributed by atoms with E-state index in [9.17, 15) is 4.79 Å². The number of aromatic carboxylic acids is 1. The number of rotatable bonds is 1. The first-order chi connectivity index (χ1) is 6.70. The first kappa shape index (κ1) is 11.9. The highest BCUT2D eigenvalue weighted by molar-refractivity contribution is 9.10. The number of aromatic nitrogens is 1. The van der Waals surface area contributed by atoms with E-state index in [1.165, 1.54) is 0 Å². The minimum Gasteiger partial charge on any atom is -0.478 e. The van der Waals surface area contributed by atoms with Crippen LogP contribution >= 0.6 is 28.3 Å². The van der Waals surface area contributed by atoms with Crippen LogP contribution in [-0.2, 0) is 0 Å². The Bertz CT molecular complexity index is 516. The maximum absolute atomic E-state index is 10.8. The molecular weight excluding hydrogens is 281 g/mol. The van der Waals surface area contributed by atoms with Gasteiger partial charge >= 0.3 is 5.97 Å². The molecule has 3 nitrogen and oxygen atoms in total. The molecule has 1 aromatic carbocycles. The van der Waals surface area contributed by atoms with Crippen LogP contribution in [0.15, 0.2) is 34.9 Å². The maximum Gasteiger partial charge on any atom is 0.336 e. The fourth-order valence-electron chi connectivity index (χ4n) is 1.27. The molecule has 0 bridgehead atoms. The molecule has 2 aromatic rings. The Morgan fingerprint density at radius 2 is 2.07 bits per heavy atom. The van der Waals surface area contributed by atoms with Crippen molar-refractivity contribution >= 4 is 45.2 Å². The van der Waals surface area contributed by atoms with Crippen molar-refractivity contribution in [2.75, 3.05) is 0 Å². The Hall–Kier alpha value is -1.13. The second kappa shape index (κ2) is 4.59. The molecule has 78 valence electrons. The molecule has 0 aliphatic carbocycles. The molecule has 0 saturated carbocycles. The average molecular weight is 289 g/mol. The number of carboxylic acids is 1. The van der Waals surface area contributed by atoms with Gasteiger partial charge < -0.3 is 5.11 Å². The van der Waals surface area contributed by atoms with Crippen molar-refractivity contribution in [3.63, 3.8) is 0 Å². The fourth-order valence-corrected chi connectivity index (χ4v) is 1.91. The second-order valence-corrected chi connectivity index (χ2v) is 3.60. The van der Waals surface area contributed by atoms with Gasteiger partial charge in [-0.2, -0.15) is 0 Å². The molecule has 0 aliphatic heterocycles. The Morgan fingerprint density at radius 3 is 2.73 bits per heavy atom. The summed E-state index contributed by atoms with van der Waals surface area (Å²) in [5.74, 6) is -0.954. The lowest BCUT2D eigenvalue weighted by Crippen LogP contribution is -1.98. The summed E-state index contributed by atoms with van der Waals surface area (Å²) in [5.41, 5.74) is 0.906. The summed E-state index contributed by atoms with van der Waals surface area (Å²) in [6.07, 6.45) is 1.64. The molecule has 0 saturated heterocycles. The summed E-state index contributed by atoms with van der Waals surface area (Å²) in [5, 5.41) is 9.79. The zero-order chi connectivity index (χ0) is 10.1. The SMILES string of the molecule is Cl.O=C(O)c1ccc2cccnc2c1Br. The van der Waals surface area contributed by atoms with Crippen LogP contribution in [0.2, 0.25) is 0 Å². The molecule has 0 atom stereocenters. The fraction of sp³-hybridized carbons (Fsp3) is 0. The van der Waals surface area contributed by atoms with Crippen LogP contribution in [0.1, 0.15) is 10.4 Å². The summed E-state index contributed by atoms with van der Waals surface area (Å²) in [6, 6.07) is 7.01. The van der Waals surface area contributed by atoms with E-state index < -0.39 is 5.97 Å². The number of carboxylic acid groups (broad SMARTS) is 1. The summed E-state index contributed by atoms with van der Waals surface area (Å²) in [7, 11) is 0. The predicted molar refractivity (Wildman–Crippen MR) is 63.7 cm³/mol. The molecular formula is C10H7BrClNO2. The topological polar surface area (TPSA) is 50.2 Å². The summed E-state index contributed by atoms with van der Waals surface area (Å²) in [4.78, 5) is 14.9. The Morgan fingerprint density at radius 1 is 1.33 bits per heavy atom. The Balaban J connectivity index is 0.00000112. The van der Waals surface area contributed by atoms with Crippen molar-refractivity contribution in [2.24, 2.45) is 0 Å². The van der Waals surface area contributed by atoms with Crippen LogP contribution < -0.4 is 0 Å². The number of benzene rings is 1. The van der Waals surface area contributed by atoms with Crippen LogP contribution in [0.25, 0.3) is 10.9 Å². The van der Waals surface area contributed by atoms with Gasteiger partial charge in [-0.25, -0.2) is 4.79 Å². The predicted octanol–water partition coefficient (Wildman–Crippen LogP) is 3.12. The minimum atomic E-state index is -0.954. The molecule has 1 heterocycles. The highest BCUT2D eigenvalue weighted by atomic mass is 79.9. The van der Waals surface area contributed by atoms with Crippen LogP contribution in [0.4, 0.5) is 0 Å². The van der Waals surface area contributed by atoms with Crippen molar-refractivity contribution in [2.45, 2.75) is 0 Å². The third kappa shape index (κ3) is 2.11. The Labute approximate surface area is 101 Å². The normalized spacial score (nSPS) is 9.67. The van der Waals surface area contributed by atoms with Gasteiger partial charge in [0, 0.05) is 11.6 Å². The van der Waals surface area contributed by atoms with E-state index in [4.69, 9.17) is 5.11 Å². The monoisotopic (exact) mass is 287 g/mol. The van der Waals surface area contributed by atoms with Gasteiger partial charge in [-0.15, -0.1) is 12.4 Å². The first-order valence-corrected chi connectivity index (χ1v) is 4.76. The zero-order valence-electron chi connectivity index (χ0n) is 7.48. The molecule has 2 rings (SSSR count). The molecule has 0 radical (unpaired) electrons. The molecule has 5 heteroatoms. The average Bonchev–Trinajstić information content (AvgIpc) is 2.18. The van der Waals surface area contributed by atoms with E-state index >= 15 is 0 Å². The van der Waals surface area contributed by atoms with Gasteiger partial charge in [0.1, 0.15) is 0 Å². The largest absolute Gasteiger partial charge is 0.478 e. The van der Waals surface area contributed by atoms with Crippen molar-refractivity contribution in [1.29, 1.82) is 0 Å². The third-order valence-corrected chi connectivity index (χ3v) is 2.75. The first-order valence-electron chi connectivity index (χ1n) is 3.96. The van der Waals surface area contributed by atoms with E-state index in [0.717, 1.165) is 5.39 Å². The van der Waals surface area contributed by atoms with Gasteiger partial charge in [-0.3, -0.25) is 4.98 Å². The van der Waals surface area contributed by atoms with E-state index in [1.807, 2.05) is 12.1 Å². The van der Waals surface area contributed by atoms with Crippen LogP contribution in [0.3, 0.4) is 0 Å². The lowest BCUT2D eigenvalue weighted by atomic mass is 10.1. The zero-order valence-corrected chi connectivity index (χ0v) is 9.88. The molecule has 0 spiro atoms. The van der Waals surface area contributed by atoms with Crippen LogP contribution in [0.5, 0.6) is 0 Å². The van der Waals surface area contributed by atoms with E-state index in [0.29, 0.717) is 9.99 Å². The number of nitrogens with zero attached hydrogens (tertiary/aromatic N) is 1. The molecule has 1 aromatic heterocycles. The molecule has 0 fully saturated rings. The van der Waals surface area contributed by atoms with Gasteiger partial charge in [0.05, 0.1) is 15.6 Å². The number of pyridine rings is 1. The van der Waals surface area contributed by atoms with Crippen molar-refractivity contribution in [1.82, 2.24) is 4.98 Å². The smallest absolute Gasteiger partial charge is 0.336 e. The lowest BCUT2D eigenvalue weighted by Gasteiger charge is -2.02. The highest BCUT2D eigenvalue weighted by Gasteiger charge is 2.11. The summed E-state index contributed by atoms with van der Waals surface area (Å²) < 4.78 is 0.531. The van der Waals surface area contributed by atoms with Crippen molar-refractivity contribution in [3.8, 4) is 0 Å². The maximum atomic E-state index is 10.8. The molecule has 1 N–H and O–H groups in total. The quantitative estimate of drug-likeness (QED) is 0.877. The molecule has 15 heavy (non-hydrogen) atoms. The molecule has 0 amide bonds. The minimum absolute atomic E-state index is 0.